The van der Waals surface area contributed by atoms with Crippen molar-refractivity contribution in [1.82, 2.24) is 0 Å². The Bertz CT molecular complexity index is 162. The van der Waals surface area contributed by atoms with Gasteiger partial charge >= 0.3 is 18.9 Å². The van der Waals surface area contributed by atoms with Crippen molar-refractivity contribution in [3.8, 4) is 5.92 Å². The van der Waals surface area contributed by atoms with Crippen LogP contribution in [0.3, 0.4) is 0 Å². The van der Waals surface area contributed by atoms with Crippen LogP contribution in [0.2, 0.25) is 0 Å². The summed E-state index contributed by atoms with van der Waals surface area (Å²) in [5.74, 6) is 2.22. The Kier molecular flexibility index (Phi) is 6.02. The van der Waals surface area contributed by atoms with Gasteiger partial charge in [0.25, 0.3) is 0 Å². The van der Waals surface area contributed by atoms with Gasteiger partial charge in [-0.3, -0.25) is 0 Å². The molecule has 0 spiro atoms. The molecule has 2 nitrogen and oxygen atoms in total. The van der Waals surface area contributed by atoms with Crippen LogP contribution in [0.15, 0.2) is 0 Å². The number of rotatable bonds is 2. The van der Waals surface area contributed by atoms with Gasteiger partial charge in [-0.25, -0.2) is 9.78 Å². The molecule has 0 radical (unpaired) electrons. The van der Waals surface area contributed by atoms with E-state index in [0.717, 1.165) is 0 Å². The molecule has 3 heteroatoms. The van der Waals surface area contributed by atoms with E-state index in [4.69, 9.17) is 16.2 Å². The Morgan fingerprint density at radius 1 is 1.00 bits per heavy atom. The average Bonchev–Trinajstić information content (AvgIpc) is 1.83. The monoisotopic (exact) mass is 162 g/mol. The van der Waals surface area contributed by atoms with Gasteiger partial charge in [0.2, 0.25) is 0 Å². The summed E-state index contributed by atoms with van der Waals surface area (Å²) >= 11 is 0. The molecular formula is C9H15LiO2. The third-order valence-electron chi connectivity index (χ3n) is 0.801. The number of hydrogen-bond donors (Lipinski definition) is 0. The van der Waals surface area contributed by atoms with Crippen LogP contribution in [0.4, 0.5) is 0 Å². The molecule has 0 aromatic rings. The van der Waals surface area contributed by atoms with E-state index >= 15 is 0 Å². The van der Waals surface area contributed by atoms with Gasteiger partial charge in [0.15, 0.2) is 0 Å². The first kappa shape index (κ1) is 14.6. The third kappa shape index (κ3) is 8.18. The van der Waals surface area contributed by atoms with E-state index in [1.807, 2.05) is 20.8 Å². The standard InChI is InChI=1S/C9H15O2.Li/c1-7-9(5,6)11-10-8(2,3)4;/h2-6H3;/q-1;+1. The van der Waals surface area contributed by atoms with Crippen LogP contribution in [-0.2, 0) is 9.78 Å². The summed E-state index contributed by atoms with van der Waals surface area (Å²) in [6, 6.07) is 0. The molecule has 0 atom stereocenters. The van der Waals surface area contributed by atoms with Crippen molar-refractivity contribution in [2.75, 3.05) is 0 Å². The van der Waals surface area contributed by atoms with Gasteiger partial charge in [-0.05, 0) is 34.6 Å². The Labute approximate surface area is 87.1 Å². The van der Waals surface area contributed by atoms with Gasteiger partial charge < -0.3 is 12.3 Å². The summed E-state index contributed by atoms with van der Waals surface area (Å²) in [6.07, 6.45) is 6.86. The predicted octanol–water partition coefficient (Wildman–Crippen LogP) is -0.895. The molecule has 0 heterocycles. The first-order valence-electron chi connectivity index (χ1n) is 3.57. The third-order valence-corrected chi connectivity index (χ3v) is 0.801. The first-order chi connectivity index (χ1) is 4.77. The molecule has 0 aliphatic heterocycles. The summed E-state index contributed by atoms with van der Waals surface area (Å²) in [5.41, 5.74) is -1.10. The van der Waals surface area contributed by atoms with Gasteiger partial charge in [-0.2, -0.15) is 0 Å². The zero-order chi connectivity index (χ0) is 9.12. The smallest absolute Gasteiger partial charge is 0.691 e. The average molecular weight is 162 g/mol. The first-order valence-corrected chi connectivity index (χ1v) is 3.57. The van der Waals surface area contributed by atoms with Crippen LogP contribution in [0, 0.1) is 12.3 Å². The summed E-state index contributed by atoms with van der Waals surface area (Å²) < 4.78 is 0. The fraction of sp³-hybridized carbons (Fsp3) is 0.778. The van der Waals surface area contributed by atoms with Gasteiger partial charge in [0.05, 0.1) is 5.60 Å². The quantitative estimate of drug-likeness (QED) is 0.172. The second-order valence-corrected chi connectivity index (χ2v) is 3.91. The molecule has 0 rings (SSSR count). The van der Waals surface area contributed by atoms with E-state index < -0.39 is 5.60 Å². The van der Waals surface area contributed by atoms with E-state index in [1.54, 1.807) is 13.8 Å². The normalized spacial score (nSPS) is 11.7. The van der Waals surface area contributed by atoms with Gasteiger partial charge in [0.1, 0.15) is 5.60 Å². The minimum Gasteiger partial charge on any atom is -0.691 e. The molecule has 0 bridgehead atoms. The Hall–Kier alpha value is 0.0774. The van der Waals surface area contributed by atoms with Crippen molar-refractivity contribution in [1.29, 1.82) is 0 Å². The SMILES string of the molecule is [C-]#CC(C)(C)OOC(C)(C)C.[Li+]. The largest absolute Gasteiger partial charge is 1.00 e. The fourth-order valence-electron chi connectivity index (χ4n) is 0.250. The predicted molar refractivity (Wildman–Crippen MR) is 43.1 cm³/mol. The minimum absolute atomic E-state index is 0. The van der Waals surface area contributed by atoms with E-state index in [9.17, 15) is 0 Å². The maximum Gasteiger partial charge on any atom is 1.00 e. The summed E-state index contributed by atoms with van der Waals surface area (Å²) in [5, 5.41) is 0. The van der Waals surface area contributed by atoms with Crippen molar-refractivity contribution in [3.63, 3.8) is 0 Å². The molecule has 0 fully saturated rings. The number of hydrogen-bond acceptors (Lipinski definition) is 2. The molecule has 0 aromatic heterocycles. The molecule has 0 amide bonds. The molecule has 0 saturated carbocycles. The van der Waals surface area contributed by atoms with Crippen molar-refractivity contribution in [2.45, 2.75) is 45.8 Å². The molecule has 0 aliphatic carbocycles. The van der Waals surface area contributed by atoms with E-state index in [2.05, 4.69) is 5.92 Å². The molecular weight excluding hydrogens is 147 g/mol. The van der Waals surface area contributed by atoms with Crippen LogP contribution >= 0.6 is 0 Å². The minimum atomic E-state index is -0.757. The van der Waals surface area contributed by atoms with Crippen LogP contribution < -0.4 is 18.9 Å². The van der Waals surface area contributed by atoms with Crippen LogP contribution in [-0.4, -0.2) is 11.2 Å². The molecule has 64 valence electrons. The van der Waals surface area contributed by atoms with Crippen molar-refractivity contribution in [3.05, 3.63) is 6.42 Å². The maximum absolute atomic E-state index is 6.86. The zero-order valence-corrected chi connectivity index (χ0v) is 8.82. The Balaban J connectivity index is 0. The molecule has 0 aromatic carbocycles. The second-order valence-electron chi connectivity index (χ2n) is 3.91. The van der Waals surface area contributed by atoms with Gasteiger partial charge in [-0.15, -0.1) is 0 Å². The zero-order valence-electron chi connectivity index (χ0n) is 8.82. The molecule has 0 unspecified atom stereocenters. The molecule has 12 heavy (non-hydrogen) atoms. The maximum atomic E-state index is 6.86. The van der Waals surface area contributed by atoms with Crippen LogP contribution in [0.25, 0.3) is 0 Å². The summed E-state index contributed by atoms with van der Waals surface area (Å²) in [4.78, 5) is 9.95. The second kappa shape index (κ2) is 4.95. The van der Waals surface area contributed by atoms with Crippen LogP contribution in [0.5, 0.6) is 0 Å². The Morgan fingerprint density at radius 3 is 1.67 bits per heavy atom. The fourth-order valence-corrected chi connectivity index (χ4v) is 0.250. The summed E-state index contributed by atoms with van der Waals surface area (Å²) in [6.45, 7) is 9.07. The molecule has 0 saturated heterocycles. The van der Waals surface area contributed by atoms with Crippen molar-refractivity contribution in [2.24, 2.45) is 0 Å². The summed E-state index contributed by atoms with van der Waals surface area (Å²) in [7, 11) is 0. The topological polar surface area (TPSA) is 18.5 Å². The van der Waals surface area contributed by atoms with E-state index in [1.165, 1.54) is 0 Å². The van der Waals surface area contributed by atoms with Crippen molar-refractivity contribution < 1.29 is 28.6 Å². The van der Waals surface area contributed by atoms with Crippen LogP contribution in [0.1, 0.15) is 34.6 Å². The van der Waals surface area contributed by atoms with Gasteiger partial charge in [0, 0.05) is 0 Å². The van der Waals surface area contributed by atoms with E-state index in [-0.39, 0.29) is 24.5 Å². The van der Waals surface area contributed by atoms with Crippen molar-refractivity contribution >= 4 is 0 Å². The van der Waals surface area contributed by atoms with Gasteiger partial charge in [-0.1, -0.05) is 0 Å². The van der Waals surface area contributed by atoms with E-state index in [0.29, 0.717) is 0 Å². The molecule has 0 N–H and O–H groups in total. The Morgan fingerprint density at radius 2 is 1.42 bits per heavy atom. The molecule has 0 aliphatic rings.